The summed E-state index contributed by atoms with van der Waals surface area (Å²) in [5.41, 5.74) is 2.63. The number of urea groups is 1. The Morgan fingerprint density at radius 3 is 2.52 bits per heavy atom. The number of rotatable bonds is 3. The second-order valence-corrected chi connectivity index (χ2v) is 5.84. The number of amides is 2. The molecule has 2 heterocycles. The van der Waals surface area contributed by atoms with Crippen molar-refractivity contribution in [1.29, 1.82) is 0 Å². The van der Waals surface area contributed by atoms with Crippen molar-refractivity contribution in [1.82, 2.24) is 20.6 Å². The number of carbonyl (C=O) groups excluding carboxylic acids is 1. The summed E-state index contributed by atoms with van der Waals surface area (Å²) in [7, 11) is 0. The number of aromatic nitrogens is 2. The summed E-state index contributed by atoms with van der Waals surface area (Å²) in [6.45, 7) is 6.30. The topological polar surface area (TPSA) is 66.9 Å². The average molecular weight is 284 g/mol. The van der Waals surface area contributed by atoms with Crippen molar-refractivity contribution in [2.45, 2.75) is 32.9 Å². The zero-order chi connectivity index (χ0) is 15.3. The summed E-state index contributed by atoms with van der Waals surface area (Å²) in [6.07, 6.45) is 5.21. The van der Waals surface area contributed by atoms with Gasteiger partial charge in [0, 0.05) is 36.2 Å². The van der Waals surface area contributed by atoms with E-state index in [1.54, 1.807) is 18.6 Å². The molecule has 0 aliphatic rings. The Morgan fingerprint density at radius 1 is 1.14 bits per heavy atom. The monoisotopic (exact) mass is 284 g/mol. The van der Waals surface area contributed by atoms with Gasteiger partial charge in [-0.05, 0) is 50.6 Å². The van der Waals surface area contributed by atoms with E-state index in [1.165, 1.54) is 0 Å². The molecule has 0 spiro atoms. The SMILES string of the molecule is CC(C)(C)NC(=O)NCc1ccnc(-c2ccncc2)c1. The summed E-state index contributed by atoms with van der Waals surface area (Å²) < 4.78 is 0. The van der Waals surface area contributed by atoms with Crippen molar-refractivity contribution in [3.8, 4) is 11.3 Å². The van der Waals surface area contributed by atoms with Crippen LogP contribution in [-0.2, 0) is 6.54 Å². The minimum absolute atomic E-state index is 0.176. The molecule has 0 saturated heterocycles. The zero-order valence-corrected chi connectivity index (χ0v) is 12.6. The highest BCUT2D eigenvalue weighted by Gasteiger charge is 2.13. The molecule has 0 bridgehead atoms. The summed E-state index contributed by atoms with van der Waals surface area (Å²) in [4.78, 5) is 20.1. The Bertz CT molecular complexity index is 605. The van der Waals surface area contributed by atoms with Crippen LogP contribution in [0.5, 0.6) is 0 Å². The van der Waals surface area contributed by atoms with Crippen LogP contribution >= 0.6 is 0 Å². The van der Waals surface area contributed by atoms with Crippen LogP contribution in [0.2, 0.25) is 0 Å². The molecule has 5 heteroatoms. The maximum absolute atomic E-state index is 11.7. The molecule has 0 aromatic carbocycles. The van der Waals surface area contributed by atoms with Gasteiger partial charge in [0.1, 0.15) is 0 Å². The van der Waals surface area contributed by atoms with Gasteiger partial charge in [-0.25, -0.2) is 4.79 Å². The molecule has 2 rings (SSSR count). The third-order valence-electron chi connectivity index (χ3n) is 2.74. The third-order valence-corrected chi connectivity index (χ3v) is 2.74. The van der Waals surface area contributed by atoms with Crippen LogP contribution in [-0.4, -0.2) is 21.5 Å². The van der Waals surface area contributed by atoms with E-state index in [1.807, 2.05) is 45.0 Å². The van der Waals surface area contributed by atoms with Crippen molar-refractivity contribution in [3.63, 3.8) is 0 Å². The molecule has 2 aromatic rings. The van der Waals surface area contributed by atoms with Gasteiger partial charge in [0.2, 0.25) is 0 Å². The maximum Gasteiger partial charge on any atom is 0.315 e. The smallest absolute Gasteiger partial charge is 0.315 e. The molecule has 0 radical (unpaired) electrons. The van der Waals surface area contributed by atoms with E-state index in [4.69, 9.17) is 0 Å². The number of nitrogens with zero attached hydrogens (tertiary/aromatic N) is 2. The maximum atomic E-state index is 11.7. The molecule has 0 aliphatic carbocycles. The van der Waals surface area contributed by atoms with Crippen molar-refractivity contribution in [2.75, 3.05) is 0 Å². The van der Waals surface area contributed by atoms with Gasteiger partial charge in [0.15, 0.2) is 0 Å². The lowest BCUT2D eigenvalue weighted by atomic mass is 10.1. The summed E-state index contributed by atoms with van der Waals surface area (Å²) in [5, 5.41) is 5.71. The first kappa shape index (κ1) is 15.0. The Morgan fingerprint density at radius 2 is 1.86 bits per heavy atom. The van der Waals surface area contributed by atoms with E-state index in [0.29, 0.717) is 6.54 Å². The minimum atomic E-state index is -0.246. The van der Waals surface area contributed by atoms with Crippen molar-refractivity contribution in [3.05, 3.63) is 48.4 Å². The van der Waals surface area contributed by atoms with Gasteiger partial charge in [0.25, 0.3) is 0 Å². The molecular weight excluding hydrogens is 264 g/mol. The highest BCUT2D eigenvalue weighted by Crippen LogP contribution is 2.16. The first-order chi connectivity index (χ1) is 9.94. The molecule has 2 N–H and O–H groups in total. The van der Waals surface area contributed by atoms with E-state index in [9.17, 15) is 4.79 Å². The predicted molar refractivity (Wildman–Crippen MR) is 82.6 cm³/mol. The quantitative estimate of drug-likeness (QED) is 0.910. The molecule has 2 aromatic heterocycles. The first-order valence-electron chi connectivity index (χ1n) is 6.85. The third kappa shape index (κ3) is 4.87. The fourth-order valence-electron chi connectivity index (χ4n) is 1.83. The highest BCUT2D eigenvalue weighted by molar-refractivity contribution is 5.74. The Balaban J connectivity index is 2.01. The van der Waals surface area contributed by atoms with Crippen LogP contribution in [0.3, 0.4) is 0 Å². The van der Waals surface area contributed by atoms with E-state index < -0.39 is 0 Å². The normalized spacial score (nSPS) is 11.0. The van der Waals surface area contributed by atoms with Crippen LogP contribution in [0, 0.1) is 0 Å². The largest absolute Gasteiger partial charge is 0.334 e. The fourth-order valence-corrected chi connectivity index (χ4v) is 1.83. The molecule has 0 atom stereocenters. The summed E-state index contributed by atoms with van der Waals surface area (Å²) in [6, 6.07) is 7.50. The van der Waals surface area contributed by atoms with Gasteiger partial charge < -0.3 is 10.6 Å². The van der Waals surface area contributed by atoms with Crippen LogP contribution < -0.4 is 10.6 Å². The van der Waals surface area contributed by atoms with E-state index in [2.05, 4.69) is 20.6 Å². The van der Waals surface area contributed by atoms with E-state index in [-0.39, 0.29) is 11.6 Å². The van der Waals surface area contributed by atoms with Gasteiger partial charge in [-0.15, -0.1) is 0 Å². The summed E-state index contributed by atoms with van der Waals surface area (Å²) in [5.74, 6) is 0. The van der Waals surface area contributed by atoms with E-state index >= 15 is 0 Å². The molecule has 21 heavy (non-hydrogen) atoms. The van der Waals surface area contributed by atoms with Gasteiger partial charge in [0.05, 0.1) is 5.69 Å². The van der Waals surface area contributed by atoms with Crippen LogP contribution in [0.4, 0.5) is 4.79 Å². The van der Waals surface area contributed by atoms with Gasteiger partial charge in [-0.2, -0.15) is 0 Å². The highest BCUT2D eigenvalue weighted by atomic mass is 16.2. The molecule has 0 unspecified atom stereocenters. The first-order valence-corrected chi connectivity index (χ1v) is 6.85. The van der Waals surface area contributed by atoms with Gasteiger partial charge in [-0.1, -0.05) is 0 Å². The van der Waals surface area contributed by atoms with Crippen LogP contribution in [0.1, 0.15) is 26.3 Å². The lowest BCUT2D eigenvalue weighted by molar-refractivity contribution is 0.231. The molecule has 0 aliphatic heterocycles. The number of hydrogen-bond donors (Lipinski definition) is 2. The molecule has 2 amide bonds. The number of hydrogen-bond acceptors (Lipinski definition) is 3. The zero-order valence-electron chi connectivity index (χ0n) is 12.6. The van der Waals surface area contributed by atoms with Crippen LogP contribution in [0.25, 0.3) is 11.3 Å². The summed E-state index contributed by atoms with van der Waals surface area (Å²) >= 11 is 0. The molecule has 0 fully saturated rings. The van der Waals surface area contributed by atoms with Gasteiger partial charge >= 0.3 is 6.03 Å². The molecular formula is C16H20N4O. The Labute approximate surface area is 124 Å². The molecule has 110 valence electrons. The molecule has 5 nitrogen and oxygen atoms in total. The average Bonchev–Trinajstić information content (AvgIpc) is 2.45. The minimum Gasteiger partial charge on any atom is -0.334 e. The van der Waals surface area contributed by atoms with Crippen molar-refractivity contribution in [2.24, 2.45) is 0 Å². The molecule has 0 saturated carbocycles. The standard InChI is InChI=1S/C16H20N4O/c1-16(2,3)20-15(21)19-11-12-4-9-18-14(10-12)13-5-7-17-8-6-13/h4-10H,11H2,1-3H3,(H2,19,20,21). The Hall–Kier alpha value is -2.43. The lowest BCUT2D eigenvalue weighted by Crippen LogP contribution is -2.46. The van der Waals surface area contributed by atoms with Gasteiger partial charge in [-0.3, -0.25) is 9.97 Å². The number of carbonyl (C=O) groups is 1. The predicted octanol–water partition coefficient (Wildman–Crippen LogP) is 2.74. The second kappa shape index (κ2) is 6.35. The number of pyridine rings is 2. The Kier molecular flexibility index (Phi) is 4.52. The van der Waals surface area contributed by atoms with Crippen molar-refractivity contribution < 1.29 is 4.79 Å². The lowest BCUT2D eigenvalue weighted by Gasteiger charge is -2.20. The van der Waals surface area contributed by atoms with E-state index in [0.717, 1.165) is 16.8 Å². The number of nitrogens with one attached hydrogen (secondary N) is 2. The fraction of sp³-hybridized carbons (Fsp3) is 0.312. The van der Waals surface area contributed by atoms with Crippen molar-refractivity contribution >= 4 is 6.03 Å². The second-order valence-electron chi connectivity index (χ2n) is 5.84. The van der Waals surface area contributed by atoms with Crippen LogP contribution in [0.15, 0.2) is 42.9 Å².